The second kappa shape index (κ2) is 11.7. The minimum atomic E-state index is 1.15. The molecular weight excluding hydrogens is 402 g/mol. The van der Waals surface area contributed by atoms with Crippen LogP contribution in [0.4, 0.5) is 11.4 Å². The van der Waals surface area contributed by atoms with E-state index in [-0.39, 0.29) is 0 Å². The lowest BCUT2D eigenvalue weighted by Gasteiger charge is -2.11. The van der Waals surface area contributed by atoms with Gasteiger partial charge in [-0.25, -0.2) is 0 Å². The number of allylic oxidation sites excluding steroid dienone is 4. The lowest BCUT2D eigenvalue weighted by Crippen LogP contribution is -2.35. The van der Waals surface area contributed by atoms with Crippen LogP contribution in [0.3, 0.4) is 0 Å². The SMILES string of the molecule is CN(C)c1ccc(/C=C/C=C/c2cccc(/C=C/C=C/c3ccc(N(C)C)cc3)[n+]2C)cc1. The first-order valence-corrected chi connectivity index (χ1v) is 11.2. The highest BCUT2D eigenvalue weighted by atomic mass is 15.1. The fourth-order valence-corrected chi connectivity index (χ4v) is 3.36. The third-order valence-corrected chi connectivity index (χ3v) is 5.46. The number of nitrogens with zero attached hydrogens (tertiary/aromatic N) is 3. The number of pyridine rings is 1. The van der Waals surface area contributed by atoms with E-state index in [1.165, 1.54) is 22.5 Å². The summed E-state index contributed by atoms with van der Waals surface area (Å²) >= 11 is 0. The zero-order chi connectivity index (χ0) is 23.6. The monoisotopic (exact) mass is 436 g/mol. The number of hydrogen-bond acceptors (Lipinski definition) is 2. The maximum absolute atomic E-state index is 2.19. The van der Waals surface area contributed by atoms with Gasteiger partial charge in [0.25, 0.3) is 0 Å². The van der Waals surface area contributed by atoms with Gasteiger partial charge in [0.1, 0.15) is 7.05 Å². The minimum Gasteiger partial charge on any atom is -0.378 e. The van der Waals surface area contributed by atoms with E-state index in [0.717, 1.165) is 11.4 Å². The minimum absolute atomic E-state index is 1.15. The average Bonchev–Trinajstić information content (AvgIpc) is 2.82. The van der Waals surface area contributed by atoms with Crippen LogP contribution in [0.1, 0.15) is 22.5 Å². The first-order chi connectivity index (χ1) is 15.9. The molecule has 0 spiro atoms. The number of rotatable bonds is 8. The number of anilines is 2. The molecule has 0 saturated heterocycles. The fourth-order valence-electron chi connectivity index (χ4n) is 3.36. The van der Waals surface area contributed by atoms with Crippen molar-refractivity contribution in [2.75, 3.05) is 38.0 Å². The number of aromatic nitrogens is 1. The van der Waals surface area contributed by atoms with Crippen LogP contribution in [0.2, 0.25) is 0 Å². The Morgan fingerprint density at radius 1 is 0.515 bits per heavy atom. The van der Waals surface area contributed by atoms with Gasteiger partial charge in [0.2, 0.25) is 11.4 Å². The van der Waals surface area contributed by atoms with Gasteiger partial charge in [0.15, 0.2) is 0 Å². The summed E-state index contributed by atoms with van der Waals surface area (Å²) in [5.41, 5.74) is 7.08. The van der Waals surface area contributed by atoms with Gasteiger partial charge in [0, 0.05) is 63.9 Å². The number of hydrogen-bond donors (Lipinski definition) is 0. The molecule has 0 atom stereocenters. The third kappa shape index (κ3) is 7.08. The largest absolute Gasteiger partial charge is 0.378 e. The van der Waals surface area contributed by atoms with Crippen molar-refractivity contribution in [3.63, 3.8) is 0 Å². The van der Waals surface area contributed by atoms with E-state index < -0.39 is 0 Å². The van der Waals surface area contributed by atoms with Crippen molar-refractivity contribution in [1.82, 2.24) is 0 Å². The van der Waals surface area contributed by atoms with Crippen LogP contribution in [0.25, 0.3) is 24.3 Å². The van der Waals surface area contributed by atoms with Crippen molar-refractivity contribution in [2.24, 2.45) is 7.05 Å². The van der Waals surface area contributed by atoms with Crippen molar-refractivity contribution in [1.29, 1.82) is 0 Å². The first-order valence-electron chi connectivity index (χ1n) is 11.2. The zero-order valence-corrected chi connectivity index (χ0v) is 20.3. The average molecular weight is 437 g/mol. The molecule has 0 aliphatic heterocycles. The van der Waals surface area contributed by atoms with Gasteiger partial charge in [-0.05, 0) is 41.5 Å². The lowest BCUT2D eigenvalue weighted by atomic mass is 10.1. The molecule has 1 heterocycles. The standard InChI is InChI=1S/C30H34N3/c1-31(2)27-21-17-25(18-22-27)11-6-8-13-29-15-10-16-30(33(29)5)14-9-7-12-26-19-23-28(24-20-26)32(3)4/h6-24H,1-5H3/q+1. The van der Waals surface area contributed by atoms with Crippen molar-refractivity contribution in [3.8, 4) is 0 Å². The molecule has 33 heavy (non-hydrogen) atoms. The van der Waals surface area contributed by atoms with E-state index in [4.69, 9.17) is 0 Å². The topological polar surface area (TPSA) is 10.4 Å². The van der Waals surface area contributed by atoms with E-state index in [1.807, 2.05) is 0 Å². The van der Waals surface area contributed by atoms with Gasteiger partial charge in [-0.1, -0.05) is 60.7 Å². The fraction of sp³-hybridized carbons (Fsp3) is 0.167. The molecule has 0 fully saturated rings. The summed E-state index contributed by atoms with van der Waals surface area (Å²) in [6, 6.07) is 23.4. The van der Waals surface area contributed by atoms with E-state index in [9.17, 15) is 0 Å². The van der Waals surface area contributed by atoms with Gasteiger partial charge in [0.05, 0.1) is 0 Å². The molecule has 0 unspecified atom stereocenters. The van der Waals surface area contributed by atoms with Crippen molar-refractivity contribution >= 4 is 35.7 Å². The second-order valence-electron chi connectivity index (χ2n) is 8.34. The van der Waals surface area contributed by atoms with Gasteiger partial charge < -0.3 is 9.80 Å². The Bertz CT molecular complexity index is 1060. The normalized spacial score (nSPS) is 11.9. The molecule has 3 rings (SSSR count). The molecule has 0 bridgehead atoms. The molecule has 3 nitrogen and oxygen atoms in total. The van der Waals surface area contributed by atoms with E-state index in [2.05, 4.69) is 165 Å². The predicted octanol–water partition coefficient (Wildman–Crippen LogP) is 6.10. The Morgan fingerprint density at radius 3 is 1.24 bits per heavy atom. The van der Waals surface area contributed by atoms with Crippen molar-refractivity contribution in [3.05, 3.63) is 114 Å². The van der Waals surface area contributed by atoms with Gasteiger partial charge in [-0.15, -0.1) is 0 Å². The van der Waals surface area contributed by atoms with E-state index in [0.29, 0.717) is 0 Å². The Labute approximate surface area is 198 Å². The van der Waals surface area contributed by atoms with Gasteiger partial charge >= 0.3 is 0 Å². The van der Waals surface area contributed by atoms with Crippen LogP contribution in [0.15, 0.2) is 91.0 Å². The molecule has 0 aliphatic carbocycles. The Kier molecular flexibility index (Phi) is 8.43. The highest BCUT2D eigenvalue weighted by molar-refractivity contribution is 5.60. The Balaban J connectivity index is 1.62. The smallest absolute Gasteiger partial charge is 0.205 e. The summed E-state index contributed by atoms with van der Waals surface area (Å²) in [4.78, 5) is 4.21. The quantitative estimate of drug-likeness (QED) is 0.312. The Morgan fingerprint density at radius 2 is 0.879 bits per heavy atom. The van der Waals surface area contributed by atoms with E-state index in [1.54, 1.807) is 0 Å². The summed E-state index contributed by atoms with van der Waals surface area (Å²) in [5, 5.41) is 0. The second-order valence-corrected chi connectivity index (χ2v) is 8.34. The van der Waals surface area contributed by atoms with Crippen LogP contribution < -0.4 is 14.4 Å². The lowest BCUT2D eigenvalue weighted by molar-refractivity contribution is -0.675. The first kappa shape index (κ1) is 23.8. The highest BCUT2D eigenvalue weighted by Crippen LogP contribution is 2.14. The summed E-state index contributed by atoms with van der Waals surface area (Å²) in [5.74, 6) is 0. The van der Waals surface area contributed by atoms with Crippen LogP contribution >= 0.6 is 0 Å². The predicted molar refractivity (Wildman–Crippen MR) is 145 cm³/mol. The molecule has 0 N–H and O–H groups in total. The molecular formula is C30H34N3+. The molecule has 0 aliphatic rings. The van der Waals surface area contributed by atoms with Crippen LogP contribution in [-0.4, -0.2) is 28.2 Å². The maximum atomic E-state index is 2.19. The molecule has 2 aromatic carbocycles. The summed E-state index contributed by atoms with van der Waals surface area (Å²) in [6.07, 6.45) is 16.8. The van der Waals surface area contributed by atoms with Crippen LogP contribution in [-0.2, 0) is 7.05 Å². The summed E-state index contributed by atoms with van der Waals surface area (Å²) in [6.45, 7) is 0. The molecule has 3 aromatic rings. The third-order valence-electron chi connectivity index (χ3n) is 5.46. The van der Waals surface area contributed by atoms with E-state index >= 15 is 0 Å². The van der Waals surface area contributed by atoms with Gasteiger partial charge in [-0.3, -0.25) is 0 Å². The molecule has 168 valence electrons. The highest BCUT2D eigenvalue weighted by Gasteiger charge is 2.06. The molecule has 1 aromatic heterocycles. The molecule has 0 saturated carbocycles. The van der Waals surface area contributed by atoms with Gasteiger partial charge in [-0.2, -0.15) is 4.57 Å². The molecule has 0 amide bonds. The van der Waals surface area contributed by atoms with Crippen LogP contribution in [0.5, 0.6) is 0 Å². The van der Waals surface area contributed by atoms with Crippen molar-refractivity contribution < 1.29 is 4.57 Å². The summed E-state index contributed by atoms with van der Waals surface area (Å²) < 4.78 is 2.19. The zero-order valence-electron chi connectivity index (χ0n) is 20.3. The van der Waals surface area contributed by atoms with Crippen molar-refractivity contribution in [2.45, 2.75) is 0 Å². The maximum Gasteiger partial charge on any atom is 0.205 e. The molecule has 0 radical (unpaired) electrons. The Hall–Kier alpha value is -3.85. The number of benzene rings is 2. The summed E-state index contributed by atoms with van der Waals surface area (Å²) in [7, 11) is 10.3. The molecule has 3 heteroatoms. The van der Waals surface area contributed by atoms with Crippen LogP contribution in [0, 0.1) is 0 Å².